The monoisotopic (exact) mass is 225 g/mol. The highest BCUT2D eigenvalue weighted by molar-refractivity contribution is 6.01. The average Bonchev–Trinajstić information content (AvgIpc) is 2.60. The molecule has 3 heteroatoms. The Morgan fingerprint density at radius 1 is 1.12 bits per heavy atom. The second kappa shape index (κ2) is 7.42. The van der Waals surface area contributed by atoms with Gasteiger partial charge in [0.2, 0.25) is 0 Å². The number of hydrogen-bond donors (Lipinski definition) is 0. The minimum Gasteiger partial charge on any atom is -0.438 e. The van der Waals surface area contributed by atoms with Crippen LogP contribution in [0, 0.1) is 0 Å². The van der Waals surface area contributed by atoms with Crippen molar-refractivity contribution < 1.29 is 9.53 Å². The van der Waals surface area contributed by atoms with Crippen LogP contribution in [0.2, 0.25) is 0 Å². The van der Waals surface area contributed by atoms with Gasteiger partial charge in [-0.2, -0.15) is 4.99 Å². The standard InChI is InChI=1S/C13H23NO2/c1-3-5-7-9-11-12(10-8-6-4-2)16-13(15)14-11/h12H,3-10H2,1-2H3. The van der Waals surface area contributed by atoms with Crippen molar-refractivity contribution in [3.63, 3.8) is 0 Å². The number of unbranched alkanes of at least 4 members (excludes halogenated alkanes) is 4. The highest BCUT2D eigenvalue weighted by Gasteiger charge is 2.26. The van der Waals surface area contributed by atoms with Gasteiger partial charge in [-0.05, 0) is 25.7 Å². The van der Waals surface area contributed by atoms with E-state index in [4.69, 9.17) is 4.74 Å². The molecule has 0 radical (unpaired) electrons. The molecule has 0 aromatic carbocycles. The summed E-state index contributed by atoms with van der Waals surface area (Å²) in [7, 11) is 0. The molecule has 1 aliphatic heterocycles. The lowest BCUT2D eigenvalue weighted by molar-refractivity contribution is 0.143. The molecule has 0 aliphatic carbocycles. The summed E-state index contributed by atoms with van der Waals surface area (Å²) in [6.45, 7) is 4.35. The van der Waals surface area contributed by atoms with E-state index in [1.165, 1.54) is 25.7 Å². The molecule has 92 valence electrons. The van der Waals surface area contributed by atoms with Gasteiger partial charge in [0.15, 0.2) is 0 Å². The lowest BCUT2D eigenvalue weighted by Crippen LogP contribution is -2.18. The lowest BCUT2D eigenvalue weighted by atomic mass is 10.0. The molecule has 1 amide bonds. The van der Waals surface area contributed by atoms with Crippen molar-refractivity contribution in [2.24, 2.45) is 4.99 Å². The number of carbonyl (C=O) groups is 1. The van der Waals surface area contributed by atoms with E-state index in [1.54, 1.807) is 0 Å². The molecule has 1 heterocycles. The molecule has 0 saturated carbocycles. The number of rotatable bonds is 8. The van der Waals surface area contributed by atoms with E-state index < -0.39 is 0 Å². The van der Waals surface area contributed by atoms with E-state index >= 15 is 0 Å². The molecule has 16 heavy (non-hydrogen) atoms. The summed E-state index contributed by atoms with van der Waals surface area (Å²) in [6, 6.07) is 0. The molecule has 0 aromatic heterocycles. The molecule has 3 nitrogen and oxygen atoms in total. The minimum absolute atomic E-state index is 0.0177. The zero-order chi connectivity index (χ0) is 11.8. The summed E-state index contributed by atoms with van der Waals surface area (Å²) in [5, 5.41) is 0. The van der Waals surface area contributed by atoms with Gasteiger partial charge in [0.1, 0.15) is 6.10 Å². The Morgan fingerprint density at radius 3 is 2.50 bits per heavy atom. The summed E-state index contributed by atoms with van der Waals surface area (Å²) in [5.41, 5.74) is 0.981. The van der Waals surface area contributed by atoms with Crippen LogP contribution in [0.15, 0.2) is 4.99 Å². The normalized spacial score (nSPS) is 19.8. The Labute approximate surface area is 98.3 Å². The molecule has 1 aliphatic rings. The average molecular weight is 225 g/mol. The van der Waals surface area contributed by atoms with Crippen molar-refractivity contribution in [1.82, 2.24) is 0 Å². The summed E-state index contributed by atoms with van der Waals surface area (Å²) in [6.07, 6.45) is 8.53. The molecule has 1 rings (SSSR count). The van der Waals surface area contributed by atoms with Gasteiger partial charge in [-0.25, -0.2) is 4.79 Å². The first-order valence-corrected chi connectivity index (χ1v) is 6.56. The second-order valence-electron chi connectivity index (χ2n) is 4.43. The quantitative estimate of drug-likeness (QED) is 0.583. The van der Waals surface area contributed by atoms with Gasteiger partial charge in [0.05, 0.1) is 5.71 Å². The van der Waals surface area contributed by atoms with Gasteiger partial charge < -0.3 is 4.74 Å². The van der Waals surface area contributed by atoms with Crippen molar-refractivity contribution in [3.8, 4) is 0 Å². The molecule has 0 N–H and O–H groups in total. The highest BCUT2D eigenvalue weighted by atomic mass is 16.6. The van der Waals surface area contributed by atoms with Crippen LogP contribution in [-0.2, 0) is 4.74 Å². The van der Waals surface area contributed by atoms with E-state index in [0.717, 1.165) is 31.4 Å². The first-order valence-electron chi connectivity index (χ1n) is 6.56. The zero-order valence-electron chi connectivity index (χ0n) is 10.5. The van der Waals surface area contributed by atoms with Crippen LogP contribution in [0.25, 0.3) is 0 Å². The number of hydrogen-bond acceptors (Lipinski definition) is 2. The van der Waals surface area contributed by atoms with Gasteiger partial charge in [-0.3, -0.25) is 0 Å². The maximum absolute atomic E-state index is 11.1. The maximum Gasteiger partial charge on any atom is 0.434 e. The number of ether oxygens (including phenoxy) is 1. The van der Waals surface area contributed by atoms with E-state index in [2.05, 4.69) is 18.8 Å². The SMILES string of the molecule is CCCCCC1=NC(=O)OC1CCCCC. The van der Waals surface area contributed by atoms with Crippen LogP contribution in [0.4, 0.5) is 4.79 Å². The summed E-state index contributed by atoms with van der Waals surface area (Å²) in [5.74, 6) is 0. The first kappa shape index (κ1) is 13.2. The first-order chi connectivity index (χ1) is 7.77. The molecule has 0 saturated heterocycles. The predicted octanol–water partition coefficient (Wildman–Crippen LogP) is 4.11. The third-order valence-corrected chi connectivity index (χ3v) is 2.96. The fourth-order valence-corrected chi connectivity index (χ4v) is 1.98. The van der Waals surface area contributed by atoms with E-state index in [1.807, 2.05) is 0 Å². The number of carbonyl (C=O) groups excluding carboxylic acids is 1. The second-order valence-corrected chi connectivity index (χ2v) is 4.43. The molecular formula is C13H23NO2. The fourth-order valence-electron chi connectivity index (χ4n) is 1.98. The number of cyclic esters (lactones) is 1. The third-order valence-electron chi connectivity index (χ3n) is 2.96. The maximum atomic E-state index is 11.1. The van der Waals surface area contributed by atoms with Crippen LogP contribution >= 0.6 is 0 Å². The van der Waals surface area contributed by atoms with Crippen molar-refractivity contribution in [2.45, 2.75) is 71.3 Å². The fraction of sp³-hybridized carbons (Fsp3) is 0.846. The molecule has 1 unspecified atom stereocenters. The Morgan fingerprint density at radius 2 is 1.81 bits per heavy atom. The molecule has 0 aromatic rings. The molecule has 1 atom stereocenters. The van der Waals surface area contributed by atoms with Gasteiger partial charge in [-0.15, -0.1) is 0 Å². The van der Waals surface area contributed by atoms with Crippen molar-refractivity contribution in [2.75, 3.05) is 0 Å². The highest BCUT2D eigenvalue weighted by Crippen LogP contribution is 2.18. The van der Waals surface area contributed by atoms with Crippen LogP contribution in [-0.4, -0.2) is 17.9 Å². The van der Waals surface area contributed by atoms with Gasteiger partial charge in [0.25, 0.3) is 0 Å². The van der Waals surface area contributed by atoms with Crippen LogP contribution in [0.5, 0.6) is 0 Å². The molecule has 0 spiro atoms. The minimum atomic E-state index is -0.381. The summed E-state index contributed by atoms with van der Waals surface area (Å²) in [4.78, 5) is 15.1. The number of aliphatic imine (C=N–C) groups is 1. The van der Waals surface area contributed by atoms with Crippen LogP contribution in [0.3, 0.4) is 0 Å². The van der Waals surface area contributed by atoms with Gasteiger partial charge >= 0.3 is 6.09 Å². The number of amides is 1. The number of nitrogens with zero attached hydrogens (tertiary/aromatic N) is 1. The van der Waals surface area contributed by atoms with Gasteiger partial charge in [0, 0.05) is 0 Å². The topological polar surface area (TPSA) is 38.7 Å². The third kappa shape index (κ3) is 4.33. The van der Waals surface area contributed by atoms with Crippen molar-refractivity contribution in [3.05, 3.63) is 0 Å². The van der Waals surface area contributed by atoms with Gasteiger partial charge in [-0.1, -0.05) is 39.5 Å². The van der Waals surface area contributed by atoms with E-state index in [-0.39, 0.29) is 12.2 Å². The molecule has 0 bridgehead atoms. The summed E-state index contributed by atoms with van der Waals surface area (Å²) >= 11 is 0. The van der Waals surface area contributed by atoms with E-state index in [9.17, 15) is 4.79 Å². The van der Waals surface area contributed by atoms with Crippen molar-refractivity contribution >= 4 is 11.8 Å². The smallest absolute Gasteiger partial charge is 0.434 e. The molecule has 0 fully saturated rings. The zero-order valence-corrected chi connectivity index (χ0v) is 10.5. The van der Waals surface area contributed by atoms with Crippen LogP contribution < -0.4 is 0 Å². The Balaban J connectivity index is 2.32. The molecular weight excluding hydrogens is 202 g/mol. The Kier molecular flexibility index (Phi) is 6.12. The summed E-state index contributed by atoms with van der Waals surface area (Å²) < 4.78 is 5.21. The lowest BCUT2D eigenvalue weighted by Gasteiger charge is -2.11. The largest absolute Gasteiger partial charge is 0.438 e. The Hall–Kier alpha value is -0.860. The van der Waals surface area contributed by atoms with Crippen molar-refractivity contribution in [1.29, 1.82) is 0 Å². The van der Waals surface area contributed by atoms with Crippen LogP contribution in [0.1, 0.15) is 65.2 Å². The van der Waals surface area contributed by atoms with E-state index in [0.29, 0.717) is 0 Å². The Bertz CT molecular complexity index is 248. The predicted molar refractivity (Wildman–Crippen MR) is 66.0 cm³/mol.